The van der Waals surface area contributed by atoms with Crippen LogP contribution in [0.4, 0.5) is 6.01 Å². The third-order valence-electron chi connectivity index (χ3n) is 3.14. The fourth-order valence-electron chi connectivity index (χ4n) is 2.34. The van der Waals surface area contributed by atoms with E-state index in [0.29, 0.717) is 31.0 Å². The maximum Gasteiger partial charge on any atom is 0.318 e. The second kappa shape index (κ2) is 5.97. The minimum absolute atomic E-state index is 0.111. The maximum absolute atomic E-state index is 9.12. The molecule has 1 saturated carbocycles. The lowest BCUT2D eigenvalue weighted by atomic mass is 10.2. The molecule has 0 amide bonds. The normalized spacial score (nSPS) is 16.6. The van der Waals surface area contributed by atoms with E-state index in [1.54, 1.807) is 0 Å². The van der Waals surface area contributed by atoms with Crippen LogP contribution < -0.4 is 10.2 Å². The molecule has 0 radical (unpaired) electrons. The quantitative estimate of drug-likeness (QED) is 0.755. The van der Waals surface area contributed by atoms with Crippen molar-refractivity contribution in [3.8, 4) is 0 Å². The first kappa shape index (κ1) is 12.3. The Morgan fingerprint density at radius 2 is 2.18 bits per heavy atom. The van der Waals surface area contributed by atoms with E-state index in [1.807, 2.05) is 11.9 Å². The number of nitrogens with one attached hydrogen (secondary N) is 1. The predicted molar refractivity (Wildman–Crippen MR) is 63.7 cm³/mol. The van der Waals surface area contributed by atoms with Crippen LogP contribution in [0.25, 0.3) is 0 Å². The molecule has 6 heteroatoms. The van der Waals surface area contributed by atoms with Crippen molar-refractivity contribution in [2.75, 3.05) is 25.1 Å². The molecule has 0 aromatic carbocycles. The van der Waals surface area contributed by atoms with Gasteiger partial charge in [0, 0.05) is 12.6 Å². The van der Waals surface area contributed by atoms with E-state index in [0.717, 1.165) is 12.8 Å². The zero-order chi connectivity index (χ0) is 12.1. The van der Waals surface area contributed by atoms with Gasteiger partial charge < -0.3 is 19.7 Å². The molecule has 2 N–H and O–H groups in total. The van der Waals surface area contributed by atoms with Gasteiger partial charge in [-0.15, -0.1) is 5.10 Å². The molecule has 1 aromatic heterocycles. The zero-order valence-electron chi connectivity index (χ0n) is 10.2. The molecular formula is C11H20N4O2. The Balaban J connectivity index is 2.07. The summed E-state index contributed by atoms with van der Waals surface area (Å²) in [5.74, 6) is 0.587. The van der Waals surface area contributed by atoms with Gasteiger partial charge in [0.2, 0.25) is 5.89 Å². The Kier molecular flexibility index (Phi) is 4.33. The molecule has 0 spiro atoms. The van der Waals surface area contributed by atoms with Crippen molar-refractivity contribution in [2.45, 2.75) is 38.3 Å². The number of hydrogen-bond acceptors (Lipinski definition) is 6. The van der Waals surface area contributed by atoms with Crippen LogP contribution in [0.5, 0.6) is 0 Å². The van der Waals surface area contributed by atoms with Crippen LogP contribution in [0.2, 0.25) is 0 Å². The Labute approximate surface area is 101 Å². The molecule has 0 unspecified atom stereocenters. The first-order chi connectivity index (χ1) is 8.35. The van der Waals surface area contributed by atoms with Crippen molar-refractivity contribution in [3.63, 3.8) is 0 Å². The van der Waals surface area contributed by atoms with E-state index in [-0.39, 0.29) is 6.61 Å². The maximum atomic E-state index is 9.12. The molecule has 17 heavy (non-hydrogen) atoms. The van der Waals surface area contributed by atoms with Gasteiger partial charge in [-0.3, -0.25) is 0 Å². The SMILES string of the molecule is CNCc1nnc(N(CCO)C2CCCC2)o1. The van der Waals surface area contributed by atoms with Gasteiger partial charge in [0.15, 0.2) is 0 Å². The Hall–Kier alpha value is -1.14. The van der Waals surface area contributed by atoms with Gasteiger partial charge in [-0.05, 0) is 19.9 Å². The molecule has 2 rings (SSSR count). The van der Waals surface area contributed by atoms with Crippen LogP contribution in [0.1, 0.15) is 31.6 Å². The molecule has 1 aliphatic rings. The lowest BCUT2D eigenvalue weighted by Gasteiger charge is -2.25. The zero-order valence-corrected chi connectivity index (χ0v) is 10.2. The van der Waals surface area contributed by atoms with Crippen molar-refractivity contribution >= 4 is 6.01 Å². The summed E-state index contributed by atoms with van der Waals surface area (Å²) in [7, 11) is 1.84. The number of aliphatic hydroxyl groups excluding tert-OH is 1. The van der Waals surface area contributed by atoms with E-state index in [9.17, 15) is 0 Å². The highest BCUT2D eigenvalue weighted by atomic mass is 16.4. The Bertz CT molecular complexity index is 336. The van der Waals surface area contributed by atoms with Crippen molar-refractivity contribution < 1.29 is 9.52 Å². The lowest BCUT2D eigenvalue weighted by molar-refractivity contribution is 0.292. The van der Waals surface area contributed by atoms with Crippen molar-refractivity contribution in [1.29, 1.82) is 0 Å². The fourth-order valence-corrected chi connectivity index (χ4v) is 2.34. The summed E-state index contributed by atoms with van der Waals surface area (Å²) in [5.41, 5.74) is 0. The number of aromatic nitrogens is 2. The average molecular weight is 240 g/mol. The first-order valence-electron chi connectivity index (χ1n) is 6.19. The molecule has 0 aliphatic heterocycles. The van der Waals surface area contributed by atoms with Crippen molar-refractivity contribution in [2.24, 2.45) is 0 Å². The van der Waals surface area contributed by atoms with E-state index in [1.165, 1.54) is 12.8 Å². The third kappa shape index (κ3) is 2.95. The van der Waals surface area contributed by atoms with Crippen LogP contribution >= 0.6 is 0 Å². The molecule has 96 valence electrons. The second-order valence-electron chi connectivity index (χ2n) is 4.36. The highest BCUT2D eigenvalue weighted by molar-refractivity contribution is 5.27. The van der Waals surface area contributed by atoms with Crippen LogP contribution in [0.15, 0.2) is 4.42 Å². The number of hydrogen-bond donors (Lipinski definition) is 2. The summed E-state index contributed by atoms with van der Waals surface area (Å²) < 4.78 is 5.58. The molecule has 0 atom stereocenters. The molecule has 1 heterocycles. The smallest absolute Gasteiger partial charge is 0.318 e. The monoisotopic (exact) mass is 240 g/mol. The molecule has 1 fully saturated rings. The summed E-state index contributed by atoms with van der Waals surface area (Å²) in [6, 6.07) is 0.973. The molecule has 1 aliphatic carbocycles. The van der Waals surface area contributed by atoms with Crippen molar-refractivity contribution in [3.05, 3.63) is 5.89 Å². The predicted octanol–water partition coefficient (Wildman–Crippen LogP) is 0.530. The Morgan fingerprint density at radius 1 is 1.41 bits per heavy atom. The molecule has 0 bridgehead atoms. The molecule has 6 nitrogen and oxygen atoms in total. The van der Waals surface area contributed by atoms with Crippen molar-refractivity contribution in [1.82, 2.24) is 15.5 Å². The fraction of sp³-hybridized carbons (Fsp3) is 0.818. The number of nitrogens with zero attached hydrogens (tertiary/aromatic N) is 3. The molecular weight excluding hydrogens is 220 g/mol. The largest absolute Gasteiger partial charge is 0.407 e. The number of rotatable bonds is 6. The van der Waals surface area contributed by atoms with Gasteiger partial charge in [-0.2, -0.15) is 0 Å². The second-order valence-corrected chi connectivity index (χ2v) is 4.36. The van der Waals surface area contributed by atoms with Crippen LogP contribution in [-0.4, -0.2) is 41.5 Å². The summed E-state index contributed by atoms with van der Waals surface area (Å²) in [6.07, 6.45) is 4.77. The van der Waals surface area contributed by atoms with Crippen LogP contribution in [-0.2, 0) is 6.54 Å². The van der Waals surface area contributed by atoms with Gasteiger partial charge in [-0.1, -0.05) is 17.9 Å². The Morgan fingerprint density at radius 3 is 2.82 bits per heavy atom. The topological polar surface area (TPSA) is 74.4 Å². The molecule has 1 aromatic rings. The average Bonchev–Trinajstić information content (AvgIpc) is 2.97. The van der Waals surface area contributed by atoms with E-state index < -0.39 is 0 Å². The number of anilines is 1. The highest BCUT2D eigenvalue weighted by Crippen LogP contribution is 2.27. The van der Waals surface area contributed by atoms with Crippen LogP contribution in [0.3, 0.4) is 0 Å². The minimum Gasteiger partial charge on any atom is -0.407 e. The lowest BCUT2D eigenvalue weighted by Crippen LogP contribution is -2.35. The summed E-state index contributed by atoms with van der Waals surface area (Å²) in [6.45, 7) is 1.25. The van der Waals surface area contributed by atoms with Gasteiger partial charge in [0.05, 0.1) is 13.2 Å². The first-order valence-corrected chi connectivity index (χ1v) is 6.19. The summed E-state index contributed by atoms with van der Waals surface area (Å²) in [4.78, 5) is 2.04. The summed E-state index contributed by atoms with van der Waals surface area (Å²) >= 11 is 0. The third-order valence-corrected chi connectivity index (χ3v) is 3.14. The standard InChI is InChI=1S/C11H20N4O2/c1-12-8-10-13-14-11(17-10)15(6-7-16)9-4-2-3-5-9/h9,12,16H,2-8H2,1H3. The highest BCUT2D eigenvalue weighted by Gasteiger charge is 2.26. The number of aliphatic hydroxyl groups is 1. The van der Waals surface area contributed by atoms with Gasteiger partial charge in [0.1, 0.15) is 0 Å². The van der Waals surface area contributed by atoms with E-state index >= 15 is 0 Å². The summed E-state index contributed by atoms with van der Waals surface area (Å²) in [5, 5.41) is 20.1. The van der Waals surface area contributed by atoms with Gasteiger partial charge in [0.25, 0.3) is 0 Å². The van der Waals surface area contributed by atoms with Gasteiger partial charge >= 0.3 is 6.01 Å². The van der Waals surface area contributed by atoms with E-state index in [4.69, 9.17) is 9.52 Å². The van der Waals surface area contributed by atoms with Crippen LogP contribution in [0, 0.1) is 0 Å². The molecule has 0 saturated heterocycles. The van der Waals surface area contributed by atoms with E-state index in [2.05, 4.69) is 15.5 Å². The minimum atomic E-state index is 0.111. The van der Waals surface area contributed by atoms with Gasteiger partial charge in [-0.25, -0.2) is 0 Å².